The van der Waals surface area contributed by atoms with Gasteiger partial charge in [-0.2, -0.15) is 21.0 Å². The molecule has 0 amide bonds. The number of nitrogens with zero attached hydrogens (tertiary/aromatic N) is 4. The van der Waals surface area contributed by atoms with Gasteiger partial charge in [-0.05, 0) is 48.5 Å². The number of hydrogen-bond donors (Lipinski definition) is 0. The average Bonchev–Trinajstić information content (AvgIpc) is 2.79. The van der Waals surface area contributed by atoms with E-state index in [9.17, 15) is 0 Å². The van der Waals surface area contributed by atoms with E-state index in [0.717, 1.165) is 0 Å². The van der Waals surface area contributed by atoms with Crippen molar-refractivity contribution < 1.29 is 9.47 Å². The third-order valence-electron chi connectivity index (χ3n) is 3.68. The summed E-state index contributed by atoms with van der Waals surface area (Å²) in [6, 6.07) is 26.6. The van der Waals surface area contributed by atoms with Gasteiger partial charge in [0.05, 0.1) is 29.4 Å². The van der Waals surface area contributed by atoms with Crippen LogP contribution in [0.3, 0.4) is 0 Å². The Morgan fingerprint density at radius 3 is 1.52 bits per heavy atom. The summed E-state index contributed by atoms with van der Waals surface area (Å²) in [5, 5.41) is 34.9. The molecule has 0 aromatic heterocycles. The van der Waals surface area contributed by atoms with E-state index in [1.165, 1.54) is 7.11 Å². The summed E-state index contributed by atoms with van der Waals surface area (Å²) in [4.78, 5) is 0. The minimum Gasteiger partial charge on any atom is -0.497 e. The van der Waals surface area contributed by atoms with Crippen LogP contribution in [0.25, 0.3) is 0 Å². The van der Waals surface area contributed by atoms with Gasteiger partial charge in [0.2, 0.25) is 0 Å². The molecule has 0 spiro atoms. The van der Waals surface area contributed by atoms with Gasteiger partial charge in [-0.15, -0.1) is 0 Å². The highest BCUT2D eigenvalue weighted by Crippen LogP contribution is 2.23. The van der Waals surface area contributed by atoms with Crippen molar-refractivity contribution in [1.82, 2.24) is 0 Å². The van der Waals surface area contributed by atoms with Gasteiger partial charge >= 0.3 is 0 Å². The van der Waals surface area contributed by atoms with Crippen molar-refractivity contribution >= 4 is 0 Å². The summed E-state index contributed by atoms with van der Waals surface area (Å²) < 4.78 is 10.5. The van der Waals surface area contributed by atoms with Crippen molar-refractivity contribution in [2.24, 2.45) is 0 Å². The number of benzene rings is 3. The molecule has 0 heterocycles. The lowest BCUT2D eigenvalue weighted by Gasteiger charge is -2.05. The van der Waals surface area contributed by atoms with Crippen molar-refractivity contribution in [2.45, 2.75) is 0 Å². The standard InChI is InChI=1S/C14H8N2O.C9H6N2O/c15-9-11-6-7-14(8-12(11)10-16)17-13-4-2-1-3-5-13;1-12-9-3-2-7(5-10)8(4-9)6-11/h1-8H;2-4H,1H3. The second-order valence-corrected chi connectivity index (χ2v) is 5.48. The zero-order chi connectivity index (χ0) is 21.1. The van der Waals surface area contributed by atoms with Crippen molar-refractivity contribution in [3.63, 3.8) is 0 Å². The summed E-state index contributed by atoms with van der Waals surface area (Å²) in [6.07, 6.45) is 0. The molecule has 0 atom stereocenters. The summed E-state index contributed by atoms with van der Waals surface area (Å²) in [5.41, 5.74) is 1.39. The van der Waals surface area contributed by atoms with Crippen LogP contribution < -0.4 is 9.47 Å². The normalized spacial score (nSPS) is 8.72. The Bertz CT molecular complexity index is 1160. The molecule has 29 heavy (non-hydrogen) atoms. The molecular weight excluding hydrogens is 364 g/mol. The van der Waals surface area contributed by atoms with E-state index in [0.29, 0.717) is 39.5 Å². The second kappa shape index (κ2) is 10.4. The first-order valence-corrected chi connectivity index (χ1v) is 8.30. The first kappa shape index (κ1) is 20.5. The van der Waals surface area contributed by atoms with Crippen LogP contribution >= 0.6 is 0 Å². The molecule has 0 aliphatic rings. The predicted octanol–water partition coefficient (Wildman–Crippen LogP) is 4.66. The zero-order valence-corrected chi connectivity index (χ0v) is 15.5. The number of ether oxygens (including phenoxy) is 2. The lowest BCUT2D eigenvalue weighted by atomic mass is 10.1. The van der Waals surface area contributed by atoms with Crippen LogP contribution in [-0.4, -0.2) is 7.11 Å². The summed E-state index contributed by atoms with van der Waals surface area (Å²) in [5.74, 6) is 1.83. The van der Waals surface area contributed by atoms with Crippen LogP contribution in [0, 0.1) is 45.3 Å². The van der Waals surface area contributed by atoms with Gasteiger partial charge < -0.3 is 9.47 Å². The summed E-state index contributed by atoms with van der Waals surface area (Å²) in [6.45, 7) is 0. The maximum Gasteiger partial charge on any atom is 0.128 e. The lowest BCUT2D eigenvalue weighted by Crippen LogP contribution is -1.87. The highest BCUT2D eigenvalue weighted by Gasteiger charge is 2.04. The molecule has 138 valence electrons. The fourth-order valence-electron chi connectivity index (χ4n) is 2.24. The molecule has 0 bridgehead atoms. The predicted molar refractivity (Wildman–Crippen MR) is 105 cm³/mol. The quantitative estimate of drug-likeness (QED) is 0.655. The molecule has 3 aromatic rings. The van der Waals surface area contributed by atoms with E-state index < -0.39 is 0 Å². The first-order chi connectivity index (χ1) is 14.1. The third kappa shape index (κ3) is 5.60. The molecule has 0 aliphatic carbocycles. The van der Waals surface area contributed by atoms with Crippen LogP contribution in [0.1, 0.15) is 22.3 Å². The van der Waals surface area contributed by atoms with E-state index in [-0.39, 0.29) is 0 Å². The Morgan fingerprint density at radius 1 is 0.552 bits per heavy atom. The summed E-state index contributed by atoms with van der Waals surface area (Å²) >= 11 is 0. The highest BCUT2D eigenvalue weighted by atomic mass is 16.5. The van der Waals surface area contributed by atoms with Gasteiger partial charge in [-0.1, -0.05) is 18.2 Å². The van der Waals surface area contributed by atoms with E-state index in [1.54, 1.807) is 36.4 Å². The number of nitriles is 4. The van der Waals surface area contributed by atoms with E-state index >= 15 is 0 Å². The van der Waals surface area contributed by atoms with Crippen LogP contribution in [-0.2, 0) is 0 Å². The number of rotatable bonds is 3. The monoisotopic (exact) mass is 378 g/mol. The topological polar surface area (TPSA) is 114 Å². The highest BCUT2D eigenvalue weighted by molar-refractivity contribution is 5.50. The average molecular weight is 378 g/mol. The van der Waals surface area contributed by atoms with Gasteiger partial charge in [0.1, 0.15) is 41.5 Å². The van der Waals surface area contributed by atoms with Gasteiger partial charge in [-0.25, -0.2) is 0 Å². The Labute approximate surface area is 168 Å². The molecule has 3 rings (SSSR count). The van der Waals surface area contributed by atoms with Crippen LogP contribution in [0.2, 0.25) is 0 Å². The molecule has 0 saturated heterocycles. The van der Waals surface area contributed by atoms with Gasteiger partial charge in [0.25, 0.3) is 0 Å². The van der Waals surface area contributed by atoms with Crippen molar-refractivity contribution in [3.05, 3.63) is 89.0 Å². The largest absolute Gasteiger partial charge is 0.497 e. The molecule has 0 saturated carbocycles. The van der Waals surface area contributed by atoms with Crippen molar-refractivity contribution in [2.75, 3.05) is 7.11 Å². The minimum absolute atomic E-state index is 0.320. The Balaban J connectivity index is 0.000000221. The van der Waals surface area contributed by atoms with E-state index in [2.05, 4.69) is 0 Å². The molecule has 0 N–H and O–H groups in total. The van der Waals surface area contributed by atoms with Crippen molar-refractivity contribution in [3.8, 4) is 41.5 Å². The second-order valence-electron chi connectivity index (χ2n) is 5.48. The molecule has 0 fully saturated rings. The lowest BCUT2D eigenvalue weighted by molar-refractivity contribution is 0.414. The van der Waals surface area contributed by atoms with Crippen LogP contribution in [0.4, 0.5) is 0 Å². The SMILES string of the molecule is COc1ccc(C#N)c(C#N)c1.N#Cc1ccc(Oc2ccccc2)cc1C#N. The third-order valence-corrected chi connectivity index (χ3v) is 3.68. The Morgan fingerprint density at radius 2 is 1.03 bits per heavy atom. The Hall–Kier alpha value is -4.78. The first-order valence-electron chi connectivity index (χ1n) is 8.30. The van der Waals surface area contributed by atoms with Gasteiger partial charge in [0.15, 0.2) is 0 Å². The molecule has 3 aromatic carbocycles. The molecule has 0 radical (unpaired) electrons. The number of methoxy groups -OCH3 is 1. The fourth-order valence-corrected chi connectivity index (χ4v) is 2.24. The van der Waals surface area contributed by atoms with E-state index in [1.807, 2.05) is 54.6 Å². The Kier molecular flexibility index (Phi) is 7.35. The van der Waals surface area contributed by atoms with Crippen LogP contribution in [0.15, 0.2) is 66.7 Å². The van der Waals surface area contributed by atoms with E-state index in [4.69, 9.17) is 30.5 Å². The molecule has 6 nitrogen and oxygen atoms in total. The minimum atomic E-state index is 0.320. The molecule has 0 unspecified atom stereocenters. The van der Waals surface area contributed by atoms with Crippen molar-refractivity contribution in [1.29, 1.82) is 21.0 Å². The number of para-hydroxylation sites is 1. The molecule has 6 heteroatoms. The smallest absolute Gasteiger partial charge is 0.128 e. The fraction of sp³-hybridized carbons (Fsp3) is 0.0435. The van der Waals surface area contributed by atoms with Crippen LogP contribution in [0.5, 0.6) is 17.2 Å². The summed E-state index contributed by atoms with van der Waals surface area (Å²) in [7, 11) is 1.52. The maximum absolute atomic E-state index is 8.88. The maximum atomic E-state index is 8.88. The van der Waals surface area contributed by atoms with Gasteiger partial charge in [-0.3, -0.25) is 0 Å². The van der Waals surface area contributed by atoms with Gasteiger partial charge in [0, 0.05) is 0 Å². The molecule has 0 aliphatic heterocycles. The molecular formula is C23H14N4O2. The number of hydrogen-bond acceptors (Lipinski definition) is 6. The zero-order valence-electron chi connectivity index (χ0n) is 15.5.